The summed E-state index contributed by atoms with van der Waals surface area (Å²) in [6.07, 6.45) is 0. The molecule has 0 saturated carbocycles. The Morgan fingerprint density at radius 1 is 1.32 bits per heavy atom. The third-order valence-electron chi connectivity index (χ3n) is 2.50. The van der Waals surface area contributed by atoms with Gasteiger partial charge in [0.25, 0.3) is 0 Å². The van der Waals surface area contributed by atoms with Gasteiger partial charge in [0.2, 0.25) is 0 Å². The van der Waals surface area contributed by atoms with E-state index in [2.05, 4.69) is 0 Å². The Kier molecular flexibility index (Phi) is 6.99. The molecular formula is C13H18Cl2N2O2. The van der Waals surface area contributed by atoms with Crippen molar-refractivity contribution in [2.45, 2.75) is 13.0 Å². The standard InChI is InChI=1S/C13H18Cl2N2O2/c1-10(16)13(18)19-12-5-3-2-4-11(12)17(8-6-14)9-7-15/h2-5,10H,6-9,16H2,1H3/t10-/m0/s1. The minimum atomic E-state index is -0.664. The molecule has 0 unspecified atom stereocenters. The monoisotopic (exact) mass is 304 g/mol. The van der Waals surface area contributed by atoms with Crippen molar-refractivity contribution in [2.75, 3.05) is 29.7 Å². The number of benzene rings is 1. The number of alkyl halides is 2. The van der Waals surface area contributed by atoms with Gasteiger partial charge in [-0.25, -0.2) is 4.79 Å². The number of anilines is 1. The van der Waals surface area contributed by atoms with E-state index in [-0.39, 0.29) is 0 Å². The molecule has 0 heterocycles. The zero-order valence-corrected chi connectivity index (χ0v) is 12.3. The third-order valence-corrected chi connectivity index (χ3v) is 2.84. The van der Waals surface area contributed by atoms with Gasteiger partial charge in [-0.3, -0.25) is 0 Å². The molecule has 2 N–H and O–H groups in total. The average Bonchev–Trinajstić information content (AvgIpc) is 2.39. The Morgan fingerprint density at radius 3 is 2.42 bits per heavy atom. The summed E-state index contributed by atoms with van der Waals surface area (Å²) in [5, 5.41) is 0. The fourth-order valence-corrected chi connectivity index (χ4v) is 1.97. The van der Waals surface area contributed by atoms with E-state index >= 15 is 0 Å². The largest absolute Gasteiger partial charge is 0.423 e. The number of carbonyl (C=O) groups excluding carboxylic acids is 1. The molecule has 0 spiro atoms. The van der Waals surface area contributed by atoms with Crippen LogP contribution in [0.25, 0.3) is 0 Å². The highest BCUT2D eigenvalue weighted by Gasteiger charge is 2.16. The van der Waals surface area contributed by atoms with Crippen LogP contribution in [0.4, 0.5) is 5.69 Å². The highest BCUT2D eigenvalue weighted by Crippen LogP contribution is 2.28. The van der Waals surface area contributed by atoms with Gasteiger partial charge >= 0.3 is 5.97 Å². The predicted octanol–water partition coefficient (Wildman–Crippen LogP) is 2.22. The lowest BCUT2D eigenvalue weighted by Crippen LogP contribution is -2.32. The first-order chi connectivity index (χ1) is 9.10. The van der Waals surface area contributed by atoms with Gasteiger partial charge in [0.05, 0.1) is 5.69 Å². The van der Waals surface area contributed by atoms with Gasteiger partial charge in [-0.1, -0.05) is 12.1 Å². The first-order valence-electron chi connectivity index (χ1n) is 6.03. The number of rotatable bonds is 7. The molecule has 6 heteroatoms. The normalized spacial score (nSPS) is 12.0. The maximum absolute atomic E-state index is 11.6. The summed E-state index contributed by atoms with van der Waals surface area (Å²) in [5.74, 6) is 0.933. The molecule has 19 heavy (non-hydrogen) atoms. The van der Waals surface area contributed by atoms with Crippen LogP contribution in [0, 0.1) is 0 Å². The molecule has 0 aliphatic rings. The third kappa shape index (κ3) is 4.90. The zero-order chi connectivity index (χ0) is 14.3. The van der Waals surface area contributed by atoms with Crippen molar-refractivity contribution in [3.05, 3.63) is 24.3 Å². The van der Waals surface area contributed by atoms with Crippen molar-refractivity contribution >= 4 is 34.9 Å². The molecule has 1 aromatic carbocycles. The summed E-state index contributed by atoms with van der Waals surface area (Å²) in [6.45, 7) is 2.84. The van der Waals surface area contributed by atoms with Crippen LogP contribution in [-0.2, 0) is 4.79 Å². The minimum Gasteiger partial charge on any atom is -0.423 e. The number of para-hydroxylation sites is 2. The van der Waals surface area contributed by atoms with Gasteiger partial charge in [0.15, 0.2) is 5.75 Å². The number of carbonyl (C=O) groups is 1. The summed E-state index contributed by atoms with van der Waals surface area (Å²) in [7, 11) is 0. The van der Waals surface area contributed by atoms with Crippen LogP contribution >= 0.6 is 23.2 Å². The van der Waals surface area contributed by atoms with E-state index in [0.717, 1.165) is 5.69 Å². The van der Waals surface area contributed by atoms with Crippen LogP contribution in [0.5, 0.6) is 5.75 Å². The Labute approximate surface area is 123 Å². The molecule has 1 atom stereocenters. The molecule has 0 aromatic heterocycles. The summed E-state index contributed by atoms with van der Waals surface area (Å²) in [6, 6.07) is 6.59. The molecule has 0 bridgehead atoms. The molecule has 0 aliphatic carbocycles. The Morgan fingerprint density at radius 2 is 1.89 bits per heavy atom. The predicted molar refractivity (Wildman–Crippen MR) is 79.4 cm³/mol. The number of halogens is 2. The highest BCUT2D eigenvalue weighted by atomic mass is 35.5. The second-order valence-electron chi connectivity index (χ2n) is 4.04. The van der Waals surface area contributed by atoms with Gasteiger partial charge in [0.1, 0.15) is 6.04 Å². The zero-order valence-electron chi connectivity index (χ0n) is 10.8. The SMILES string of the molecule is C[C@H](N)C(=O)Oc1ccccc1N(CCCl)CCCl. The number of hydrogen-bond acceptors (Lipinski definition) is 4. The summed E-state index contributed by atoms with van der Waals surface area (Å²) in [5.41, 5.74) is 6.29. The van der Waals surface area contributed by atoms with E-state index in [1.54, 1.807) is 19.1 Å². The van der Waals surface area contributed by atoms with Crippen molar-refractivity contribution in [1.82, 2.24) is 0 Å². The van der Waals surface area contributed by atoms with Crippen LogP contribution in [0.2, 0.25) is 0 Å². The quantitative estimate of drug-likeness (QED) is 0.477. The molecule has 0 fully saturated rings. The van der Waals surface area contributed by atoms with Gasteiger partial charge < -0.3 is 15.4 Å². The van der Waals surface area contributed by atoms with Crippen LogP contribution in [0.3, 0.4) is 0 Å². The topological polar surface area (TPSA) is 55.6 Å². The number of ether oxygens (including phenoxy) is 1. The highest BCUT2D eigenvalue weighted by molar-refractivity contribution is 6.18. The number of nitrogens with zero attached hydrogens (tertiary/aromatic N) is 1. The fraction of sp³-hybridized carbons (Fsp3) is 0.462. The van der Waals surface area contributed by atoms with E-state index in [9.17, 15) is 4.79 Å². The van der Waals surface area contributed by atoms with Crippen LogP contribution in [0.1, 0.15) is 6.92 Å². The number of nitrogens with two attached hydrogens (primary N) is 1. The lowest BCUT2D eigenvalue weighted by Gasteiger charge is -2.25. The number of hydrogen-bond donors (Lipinski definition) is 1. The summed E-state index contributed by atoms with van der Waals surface area (Å²) in [4.78, 5) is 13.6. The maximum Gasteiger partial charge on any atom is 0.328 e. The minimum absolute atomic E-state index is 0.465. The van der Waals surface area contributed by atoms with E-state index < -0.39 is 12.0 Å². The fourth-order valence-electron chi connectivity index (χ4n) is 1.56. The molecule has 0 radical (unpaired) electrons. The molecule has 0 aliphatic heterocycles. The van der Waals surface area contributed by atoms with E-state index in [1.807, 2.05) is 17.0 Å². The first-order valence-corrected chi connectivity index (χ1v) is 7.10. The average molecular weight is 305 g/mol. The molecule has 4 nitrogen and oxygen atoms in total. The van der Waals surface area contributed by atoms with Crippen molar-refractivity contribution in [1.29, 1.82) is 0 Å². The van der Waals surface area contributed by atoms with E-state index in [0.29, 0.717) is 30.6 Å². The van der Waals surface area contributed by atoms with Crippen molar-refractivity contribution in [3.8, 4) is 5.75 Å². The molecule has 0 saturated heterocycles. The van der Waals surface area contributed by atoms with Gasteiger partial charge in [-0.2, -0.15) is 0 Å². The molecule has 1 aromatic rings. The van der Waals surface area contributed by atoms with Crippen molar-refractivity contribution < 1.29 is 9.53 Å². The summed E-state index contributed by atoms with van der Waals surface area (Å²) >= 11 is 11.6. The Hall–Kier alpha value is -0.970. The van der Waals surface area contributed by atoms with Crippen LogP contribution in [0.15, 0.2) is 24.3 Å². The number of esters is 1. The molecular weight excluding hydrogens is 287 g/mol. The van der Waals surface area contributed by atoms with Crippen molar-refractivity contribution in [2.24, 2.45) is 5.73 Å². The molecule has 0 amide bonds. The van der Waals surface area contributed by atoms with E-state index in [1.165, 1.54) is 0 Å². The van der Waals surface area contributed by atoms with E-state index in [4.69, 9.17) is 33.7 Å². The molecule has 1 rings (SSSR count). The first kappa shape index (κ1) is 16.1. The van der Waals surface area contributed by atoms with Gasteiger partial charge in [0, 0.05) is 24.8 Å². The van der Waals surface area contributed by atoms with Crippen LogP contribution < -0.4 is 15.4 Å². The lowest BCUT2D eigenvalue weighted by molar-refractivity contribution is -0.135. The Balaban J connectivity index is 2.95. The Bertz CT molecular complexity index is 407. The smallest absolute Gasteiger partial charge is 0.328 e. The van der Waals surface area contributed by atoms with Gasteiger partial charge in [-0.15, -0.1) is 23.2 Å². The second kappa shape index (κ2) is 8.25. The molecule has 106 valence electrons. The van der Waals surface area contributed by atoms with Gasteiger partial charge in [-0.05, 0) is 19.1 Å². The lowest BCUT2D eigenvalue weighted by atomic mass is 10.2. The van der Waals surface area contributed by atoms with Crippen molar-refractivity contribution in [3.63, 3.8) is 0 Å². The summed E-state index contributed by atoms with van der Waals surface area (Å²) < 4.78 is 5.29. The van der Waals surface area contributed by atoms with Crippen LogP contribution in [-0.4, -0.2) is 36.9 Å². The maximum atomic E-state index is 11.6. The second-order valence-corrected chi connectivity index (χ2v) is 4.80.